The van der Waals surface area contributed by atoms with E-state index in [0.717, 1.165) is 96.3 Å². The second-order valence-corrected chi connectivity index (χ2v) is 24.9. The van der Waals surface area contributed by atoms with Crippen LogP contribution in [0.25, 0.3) is 0 Å². The molecule has 462 valence electrons. The van der Waals surface area contributed by atoms with Crippen LogP contribution in [0.1, 0.15) is 202 Å². The second-order valence-electron chi connectivity index (χ2n) is 24.9. The van der Waals surface area contributed by atoms with E-state index >= 15 is 0 Å². The minimum Gasteiger partial charge on any atom is -0.342 e. The van der Waals surface area contributed by atoms with E-state index in [0.29, 0.717) is 111 Å². The number of benzene rings is 3. The molecule has 9 amide bonds. The molecule has 3 aliphatic carbocycles. The van der Waals surface area contributed by atoms with Crippen molar-refractivity contribution in [2.45, 2.75) is 190 Å². The van der Waals surface area contributed by atoms with Gasteiger partial charge in [-0.3, -0.25) is 43.2 Å². The molecule has 87 heavy (non-hydrogen) atoms. The van der Waals surface area contributed by atoms with Gasteiger partial charge in [0.2, 0.25) is 17.7 Å². The number of hydrazone groups is 3. The molecule has 7 heterocycles. The summed E-state index contributed by atoms with van der Waals surface area (Å²) in [6.45, 7) is 1.06. The van der Waals surface area contributed by atoms with Crippen LogP contribution in [0.5, 0.6) is 0 Å². The molecule has 10 aliphatic rings. The summed E-state index contributed by atoms with van der Waals surface area (Å²) in [5.74, 6) is -3.07. The van der Waals surface area contributed by atoms with Gasteiger partial charge in [-0.25, -0.2) is 16.3 Å². The zero-order valence-electron chi connectivity index (χ0n) is 49.8. The lowest BCUT2D eigenvalue weighted by molar-refractivity contribution is -0.131. The predicted octanol–water partition coefficient (Wildman–Crippen LogP) is 6.63. The number of carbonyl (C=O) groups is 9. The molecule has 7 aliphatic heterocycles. The van der Waals surface area contributed by atoms with Gasteiger partial charge < -0.3 is 30.7 Å². The standard InChI is InChI=1S/C66H84N12O9/c79-58-52(37-43-13-4-1-5-14-43)70-61(82)55-19-10-34-76(55)64(85)49-30-24-47(25-31-49)41-68-74-59(80)53(38-44-15-6-2-7-16-44)72-63(84)57-21-12-36-78(57)66(87)51-32-26-48(27-33-51)42-69-75-60(81)54(39-45-17-8-3-9-18-45)71-62(83)56-20-11-35-77(56)65(86)50-28-22-46(23-29-50)40-67-73-58/h22-33,40-45,52-57H,1-21,34-39H2,(H,70,82)(H,71,83)(H,72,84)(H,73,79)(H,74,80)(H,75,81)/b67-40+,68-41+,69-42+/t52-,53-,54-,55-,56-,57-/m0/s1. The highest BCUT2D eigenvalue weighted by molar-refractivity contribution is 6.02. The van der Waals surface area contributed by atoms with Crippen LogP contribution >= 0.6 is 0 Å². The van der Waals surface area contributed by atoms with Crippen molar-refractivity contribution in [2.24, 2.45) is 33.1 Å². The lowest BCUT2D eigenvalue weighted by Crippen LogP contribution is -2.53. The van der Waals surface area contributed by atoms with Gasteiger partial charge in [-0.2, -0.15) is 15.3 Å². The van der Waals surface area contributed by atoms with Crippen LogP contribution in [-0.2, 0) is 28.8 Å². The smallest absolute Gasteiger partial charge is 0.262 e. The zero-order chi connectivity index (χ0) is 60.7. The summed E-state index contributed by atoms with van der Waals surface area (Å²) in [4.78, 5) is 131. The quantitative estimate of drug-likeness (QED) is 0.154. The molecular formula is C66H84N12O9. The molecule has 21 heteroatoms. The maximum absolute atomic E-state index is 14.2. The fourth-order valence-electron chi connectivity index (χ4n) is 14.0. The molecule has 0 aromatic heterocycles. The summed E-state index contributed by atoms with van der Waals surface area (Å²) in [6.07, 6.45) is 23.9. The number of nitrogens with zero attached hydrogens (tertiary/aromatic N) is 6. The fraction of sp³-hybridized carbons (Fsp3) is 0.545. The number of carbonyl (C=O) groups excluding carboxylic acids is 9. The first-order valence-corrected chi connectivity index (χ1v) is 32.0. The van der Waals surface area contributed by atoms with E-state index in [-0.39, 0.29) is 35.5 Å². The Bertz CT molecular complexity index is 2720. The Kier molecular flexibility index (Phi) is 21.4. The van der Waals surface area contributed by atoms with Crippen LogP contribution < -0.4 is 32.2 Å². The molecule has 6 fully saturated rings. The average molecular weight is 1190 g/mol. The molecule has 0 spiro atoms. The normalized spacial score (nSPS) is 27.2. The summed E-state index contributed by atoms with van der Waals surface area (Å²) in [5.41, 5.74) is 10.7. The summed E-state index contributed by atoms with van der Waals surface area (Å²) in [7, 11) is 0. The average Bonchev–Trinajstić information content (AvgIpc) is 3.48. The van der Waals surface area contributed by atoms with E-state index in [2.05, 4.69) is 47.5 Å². The summed E-state index contributed by atoms with van der Waals surface area (Å²) < 4.78 is 0. The van der Waals surface area contributed by atoms with Gasteiger partial charge in [0.25, 0.3) is 35.4 Å². The van der Waals surface area contributed by atoms with E-state index in [4.69, 9.17) is 0 Å². The SMILES string of the molecule is O=C1N/N=C/c2ccc(cc2)C(=O)N2CCC[C@H]2C(=O)N[C@@H](CC2CCCCC2)C(=O)N/N=C/c2ccc(cc2)C(=O)N2CCC[C@H]2C(=O)N[C@@H](CC2CCCCC2)C(=O)N/N=C/c2ccc(cc2)C(=O)N2CCC[C@H]2C(=O)N[C@H]1CC1CCCCC1. The molecule has 6 N–H and O–H groups in total. The van der Waals surface area contributed by atoms with Crippen molar-refractivity contribution in [1.29, 1.82) is 0 Å². The highest BCUT2D eigenvalue weighted by atomic mass is 16.2. The molecule has 0 unspecified atom stereocenters. The Morgan fingerprint density at radius 2 is 0.563 bits per heavy atom. The van der Waals surface area contributed by atoms with Gasteiger partial charge in [0.05, 0.1) is 18.6 Å². The van der Waals surface area contributed by atoms with Crippen LogP contribution in [0.3, 0.4) is 0 Å². The first-order chi connectivity index (χ1) is 42.3. The van der Waals surface area contributed by atoms with E-state index < -0.39 is 71.7 Å². The number of fused-ring (bicyclic) bond motifs is 3. The van der Waals surface area contributed by atoms with Crippen LogP contribution in [-0.4, -0.2) is 142 Å². The first-order valence-electron chi connectivity index (χ1n) is 32.0. The number of rotatable bonds is 6. The Balaban J connectivity index is 0.882. The maximum atomic E-state index is 14.2. The minimum atomic E-state index is -0.912. The van der Waals surface area contributed by atoms with Crippen molar-refractivity contribution in [3.63, 3.8) is 0 Å². The van der Waals surface area contributed by atoms with Gasteiger partial charge in [0, 0.05) is 36.3 Å². The van der Waals surface area contributed by atoms with Crippen molar-refractivity contribution in [1.82, 2.24) is 46.9 Å². The van der Waals surface area contributed by atoms with Crippen molar-refractivity contribution < 1.29 is 43.2 Å². The summed E-state index contributed by atoms with van der Waals surface area (Å²) >= 11 is 0. The molecule has 6 bridgehead atoms. The molecular weight excluding hydrogens is 1100 g/mol. The molecule has 0 radical (unpaired) electrons. The maximum Gasteiger partial charge on any atom is 0.262 e. The van der Waals surface area contributed by atoms with E-state index in [1.165, 1.54) is 18.6 Å². The van der Waals surface area contributed by atoms with Crippen molar-refractivity contribution in [3.8, 4) is 0 Å². The van der Waals surface area contributed by atoms with Gasteiger partial charge in [-0.15, -0.1) is 0 Å². The van der Waals surface area contributed by atoms with Gasteiger partial charge in [-0.05, 0) is 129 Å². The molecule has 3 saturated heterocycles. The summed E-state index contributed by atoms with van der Waals surface area (Å²) in [6, 6.07) is 14.9. The van der Waals surface area contributed by atoms with Crippen LogP contribution in [0, 0.1) is 17.8 Å². The summed E-state index contributed by atoms with van der Waals surface area (Å²) in [5, 5.41) is 21.7. The van der Waals surface area contributed by atoms with Gasteiger partial charge >= 0.3 is 0 Å². The Morgan fingerprint density at radius 3 is 0.816 bits per heavy atom. The number of amides is 9. The minimum absolute atomic E-state index is 0.219. The third-order valence-corrected chi connectivity index (χ3v) is 18.9. The molecule has 3 aromatic rings. The lowest BCUT2D eigenvalue weighted by Gasteiger charge is -2.29. The van der Waals surface area contributed by atoms with Gasteiger partial charge in [-0.1, -0.05) is 133 Å². The third-order valence-electron chi connectivity index (χ3n) is 18.9. The monoisotopic (exact) mass is 1190 g/mol. The number of hydrogen-bond donors (Lipinski definition) is 6. The lowest BCUT2D eigenvalue weighted by atomic mass is 9.84. The largest absolute Gasteiger partial charge is 0.342 e. The van der Waals surface area contributed by atoms with Crippen LogP contribution in [0.15, 0.2) is 88.1 Å². The van der Waals surface area contributed by atoms with E-state index in [9.17, 15) is 43.2 Å². The Morgan fingerprint density at radius 1 is 0.310 bits per heavy atom. The first kappa shape index (κ1) is 62.0. The number of hydrogen-bond acceptors (Lipinski definition) is 12. The molecule has 6 atom stereocenters. The van der Waals surface area contributed by atoms with Crippen molar-refractivity contribution in [3.05, 3.63) is 106 Å². The second kappa shape index (κ2) is 30.0. The Labute approximate surface area is 509 Å². The highest BCUT2D eigenvalue weighted by Gasteiger charge is 2.40. The van der Waals surface area contributed by atoms with Crippen molar-refractivity contribution >= 4 is 71.8 Å². The molecule has 13 rings (SSSR count). The molecule has 3 saturated carbocycles. The third kappa shape index (κ3) is 16.3. The van der Waals surface area contributed by atoms with Crippen LogP contribution in [0.4, 0.5) is 0 Å². The van der Waals surface area contributed by atoms with E-state index in [1.807, 2.05) is 0 Å². The van der Waals surface area contributed by atoms with Gasteiger partial charge in [0.15, 0.2) is 0 Å². The van der Waals surface area contributed by atoms with Gasteiger partial charge in [0.1, 0.15) is 36.3 Å². The van der Waals surface area contributed by atoms with Crippen molar-refractivity contribution in [2.75, 3.05) is 19.6 Å². The fourth-order valence-corrected chi connectivity index (χ4v) is 14.0. The topological polar surface area (TPSA) is 273 Å². The van der Waals surface area contributed by atoms with E-state index in [1.54, 1.807) is 87.5 Å². The highest BCUT2D eigenvalue weighted by Crippen LogP contribution is 2.32. The van der Waals surface area contributed by atoms with Crippen LogP contribution in [0.2, 0.25) is 0 Å². The molecule has 21 nitrogen and oxygen atoms in total. The zero-order valence-corrected chi connectivity index (χ0v) is 49.8. The Hall–Kier alpha value is -8.10. The number of nitrogens with one attached hydrogen (secondary N) is 6. The molecule has 3 aromatic carbocycles. The predicted molar refractivity (Wildman–Crippen MR) is 328 cm³/mol.